The molecule has 1 aromatic carbocycles. The highest BCUT2D eigenvalue weighted by molar-refractivity contribution is 5.49. The van der Waals surface area contributed by atoms with Gasteiger partial charge in [0, 0.05) is 23.8 Å². The van der Waals surface area contributed by atoms with Crippen LogP contribution in [0.15, 0.2) is 24.3 Å². The molecule has 0 saturated heterocycles. The van der Waals surface area contributed by atoms with Gasteiger partial charge in [0.2, 0.25) is 0 Å². The molecule has 2 atom stereocenters. The van der Waals surface area contributed by atoms with E-state index in [2.05, 4.69) is 36.4 Å². The highest BCUT2D eigenvalue weighted by Crippen LogP contribution is 2.25. The number of benzene rings is 1. The Labute approximate surface area is 116 Å². The molecule has 0 amide bonds. The number of rotatable bonds is 4. The third-order valence-corrected chi connectivity index (χ3v) is 4.06. The van der Waals surface area contributed by atoms with E-state index in [-0.39, 0.29) is 0 Å². The summed E-state index contributed by atoms with van der Waals surface area (Å²) in [6.07, 6.45) is 6.57. The van der Waals surface area contributed by atoms with E-state index in [1.807, 2.05) is 12.1 Å². The topological polar surface area (TPSA) is 24.5 Å². The van der Waals surface area contributed by atoms with Crippen LogP contribution in [0.4, 0.5) is 5.69 Å². The summed E-state index contributed by atoms with van der Waals surface area (Å²) in [5, 5.41) is 3.71. The maximum Gasteiger partial charge on any atom is 0.120 e. The molecule has 0 heterocycles. The summed E-state index contributed by atoms with van der Waals surface area (Å²) in [6, 6.07) is 9.39. The van der Waals surface area contributed by atoms with Gasteiger partial charge in [-0.2, -0.15) is 0 Å². The van der Waals surface area contributed by atoms with Crippen LogP contribution in [0.2, 0.25) is 0 Å². The lowest BCUT2D eigenvalue weighted by molar-refractivity contribution is 0.251. The van der Waals surface area contributed by atoms with Crippen LogP contribution in [0, 0.1) is 0 Å². The molecule has 1 aliphatic rings. The highest BCUT2D eigenvalue weighted by atomic mass is 16.5. The Kier molecular flexibility index (Phi) is 5.08. The summed E-state index contributed by atoms with van der Waals surface area (Å²) in [6.45, 7) is 0. The number of ether oxygens (including phenoxy) is 1. The molecule has 1 aliphatic carbocycles. The van der Waals surface area contributed by atoms with Gasteiger partial charge in [0.15, 0.2) is 0 Å². The van der Waals surface area contributed by atoms with E-state index in [9.17, 15) is 0 Å². The minimum absolute atomic E-state index is 0.532. The van der Waals surface area contributed by atoms with Crippen molar-refractivity contribution in [3.63, 3.8) is 0 Å². The maximum atomic E-state index is 5.29. The Balaban J connectivity index is 2.09. The molecule has 0 bridgehead atoms. The number of hydrogen-bond donors (Lipinski definition) is 1. The van der Waals surface area contributed by atoms with Crippen molar-refractivity contribution in [1.82, 2.24) is 4.90 Å². The predicted octanol–water partition coefficient (Wildman–Crippen LogP) is 3.37. The van der Waals surface area contributed by atoms with Crippen LogP contribution < -0.4 is 10.1 Å². The smallest absolute Gasteiger partial charge is 0.120 e. The zero-order valence-electron chi connectivity index (χ0n) is 12.4. The van der Waals surface area contributed by atoms with Crippen molar-refractivity contribution >= 4 is 5.69 Å². The molecule has 3 heteroatoms. The molecule has 2 rings (SSSR count). The fourth-order valence-electron chi connectivity index (χ4n) is 3.00. The second-order valence-electron chi connectivity index (χ2n) is 5.65. The highest BCUT2D eigenvalue weighted by Gasteiger charge is 2.25. The first-order valence-corrected chi connectivity index (χ1v) is 7.27. The molecule has 1 N–H and O–H groups in total. The molecule has 0 aromatic heterocycles. The van der Waals surface area contributed by atoms with Crippen molar-refractivity contribution in [2.45, 2.75) is 44.2 Å². The van der Waals surface area contributed by atoms with Crippen molar-refractivity contribution < 1.29 is 4.74 Å². The average Bonchev–Trinajstić information content (AvgIpc) is 2.64. The molecule has 3 nitrogen and oxygen atoms in total. The summed E-state index contributed by atoms with van der Waals surface area (Å²) < 4.78 is 5.29. The van der Waals surface area contributed by atoms with Crippen molar-refractivity contribution in [3.05, 3.63) is 24.3 Å². The lowest BCUT2D eigenvalue weighted by Gasteiger charge is -2.32. The van der Waals surface area contributed by atoms with Crippen molar-refractivity contribution in [2.24, 2.45) is 0 Å². The lowest BCUT2D eigenvalue weighted by Crippen LogP contribution is -2.42. The number of anilines is 1. The predicted molar refractivity (Wildman–Crippen MR) is 81.0 cm³/mol. The van der Waals surface area contributed by atoms with Gasteiger partial charge in [-0.25, -0.2) is 0 Å². The third kappa shape index (κ3) is 3.87. The van der Waals surface area contributed by atoms with Crippen LogP contribution in [-0.4, -0.2) is 38.2 Å². The van der Waals surface area contributed by atoms with Gasteiger partial charge >= 0.3 is 0 Å². The SMILES string of the molecule is COc1cccc(NC2CCCCCC2N(C)C)c1. The van der Waals surface area contributed by atoms with E-state index in [4.69, 9.17) is 4.74 Å². The number of methoxy groups -OCH3 is 1. The van der Waals surface area contributed by atoms with E-state index < -0.39 is 0 Å². The van der Waals surface area contributed by atoms with Crippen LogP contribution in [-0.2, 0) is 0 Å². The van der Waals surface area contributed by atoms with Crippen LogP contribution in [0.3, 0.4) is 0 Å². The molecule has 0 spiro atoms. The number of nitrogens with zero attached hydrogens (tertiary/aromatic N) is 1. The van der Waals surface area contributed by atoms with Crippen LogP contribution in [0.25, 0.3) is 0 Å². The fourth-order valence-corrected chi connectivity index (χ4v) is 3.00. The van der Waals surface area contributed by atoms with Gasteiger partial charge in [-0.05, 0) is 39.1 Å². The van der Waals surface area contributed by atoms with Crippen molar-refractivity contribution in [1.29, 1.82) is 0 Å². The molecule has 1 fully saturated rings. The van der Waals surface area contributed by atoms with E-state index >= 15 is 0 Å². The standard InChI is InChI=1S/C16H26N2O/c1-18(2)16-11-6-4-5-10-15(16)17-13-8-7-9-14(12-13)19-3/h7-9,12,15-17H,4-6,10-11H2,1-3H3. The van der Waals surface area contributed by atoms with E-state index in [1.54, 1.807) is 7.11 Å². The largest absolute Gasteiger partial charge is 0.497 e. The Morgan fingerprint density at radius 2 is 1.95 bits per heavy atom. The Morgan fingerprint density at radius 1 is 1.16 bits per heavy atom. The number of hydrogen-bond acceptors (Lipinski definition) is 3. The summed E-state index contributed by atoms with van der Waals surface area (Å²) in [7, 11) is 6.10. The zero-order chi connectivity index (χ0) is 13.7. The molecular formula is C16H26N2O. The third-order valence-electron chi connectivity index (χ3n) is 4.06. The fraction of sp³-hybridized carbons (Fsp3) is 0.625. The lowest BCUT2D eigenvalue weighted by atomic mass is 10.0. The van der Waals surface area contributed by atoms with Crippen molar-refractivity contribution in [2.75, 3.05) is 26.5 Å². The first-order chi connectivity index (χ1) is 9.20. The molecule has 0 radical (unpaired) electrons. The van der Waals surface area contributed by atoms with Gasteiger partial charge < -0.3 is 15.0 Å². The van der Waals surface area contributed by atoms with Gasteiger partial charge in [0.25, 0.3) is 0 Å². The van der Waals surface area contributed by atoms with Gasteiger partial charge in [0.05, 0.1) is 7.11 Å². The van der Waals surface area contributed by atoms with Crippen LogP contribution in [0.1, 0.15) is 32.1 Å². The van der Waals surface area contributed by atoms with Crippen LogP contribution in [0.5, 0.6) is 5.75 Å². The van der Waals surface area contributed by atoms with Crippen molar-refractivity contribution in [3.8, 4) is 5.75 Å². The first-order valence-electron chi connectivity index (χ1n) is 7.27. The van der Waals surface area contributed by atoms with Crippen LogP contribution >= 0.6 is 0 Å². The molecular weight excluding hydrogens is 236 g/mol. The second kappa shape index (κ2) is 6.80. The maximum absolute atomic E-state index is 5.29. The minimum atomic E-state index is 0.532. The van der Waals surface area contributed by atoms with Gasteiger partial charge in [0.1, 0.15) is 5.75 Å². The quantitative estimate of drug-likeness (QED) is 0.842. The first kappa shape index (κ1) is 14.2. The summed E-state index contributed by atoms with van der Waals surface area (Å²) in [4.78, 5) is 2.36. The Morgan fingerprint density at radius 3 is 2.68 bits per heavy atom. The molecule has 19 heavy (non-hydrogen) atoms. The number of nitrogens with one attached hydrogen (secondary N) is 1. The molecule has 1 aromatic rings. The van der Waals surface area contributed by atoms with Gasteiger partial charge in [-0.1, -0.05) is 25.3 Å². The molecule has 1 saturated carbocycles. The van der Waals surface area contributed by atoms with E-state index in [0.717, 1.165) is 11.4 Å². The van der Waals surface area contributed by atoms with Gasteiger partial charge in [-0.15, -0.1) is 0 Å². The summed E-state index contributed by atoms with van der Waals surface area (Å²) in [5.41, 5.74) is 1.16. The van der Waals surface area contributed by atoms with E-state index in [0.29, 0.717) is 12.1 Å². The monoisotopic (exact) mass is 262 g/mol. The molecule has 2 unspecified atom stereocenters. The molecule has 0 aliphatic heterocycles. The van der Waals surface area contributed by atoms with Gasteiger partial charge in [-0.3, -0.25) is 0 Å². The van der Waals surface area contributed by atoms with E-state index in [1.165, 1.54) is 32.1 Å². The second-order valence-corrected chi connectivity index (χ2v) is 5.65. The summed E-state index contributed by atoms with van der Waals surface area (Å²) in [5.74, 6) is 0.917. The zero-order valence-corrected chi connectivity index (χ0v) is 12.4. The Bertz CT molecular complexity index is 392. The average molecular weight is 262 g/mol. The number of likely N-dealkylation sites (N-methyl/N-ethyl adjacent to an activating group) is 1. The Hall–Kier alpha value is -1.22. The molecule has 106 valence electrons. The normalized spacial score (nSPS) is 24.0. The summed E-state index contributed by atoms with van der Waals surface area (Å²) >= 11 is 0. The minimum Gasteiger partial charge on any atom is -0.497 e.